The summed E-state index contributed by atoms with van der Waals surface area (Å²) >= 11 is 0. The smallest absolute Gasteiger partial charge is 0.265 e. The van der Waals surface area contributed by atoms with Crippen LogP contribution in [0.4, 0.5) is 10.1 Å². The molecule has 3 rings (SSSR count). The zero-order chi connectivity index (χ0) is 14.7. The van der Waals surface area contributed by atoms with Crippen LogP contribution in [0.25, 0.3) is 0 Å². The van der Waals surface area contributed by atoms with E-state index in [4.69, 9.17) is 9.47 Å². The van der Waals surface area contributed by atoms with E-state index in [9.17, 15) is 9.18 Å². The molecule has 6 heteroatoms. The van der Waals surface area contributed by atoms with Gasteiger partial charge in [-0.15, -0.1) is 0 Å². The average molecular weight is 288 g/mol. The lowest BCUT2D eigenvalue weighted by molar-refractivity contribution is -0.120. The first-order valence-corrected chi connectivity index (χ1v) is 6.49. The minimum Gasteiger partial charge on any atom is -0.489 e. The number of ether oxygens (including phenoxy) is 2. The van der Waals surface area contributed by atoms with Gasteiger partial charge in [0.05, 0.1) is 12.7 Å². The summed E-state index contributed by atoms with van der Waals surface area (Å²) in [7, 11) is 0. The monoisotopic (exact) mass is 288 g/mol. The minimum atomic E-state index is -0.346. The maximum atomic E-state index is 12.8. The maximum Gasteiger partial charge on any atom is 0.265 e. The Bertz CT molecular complexity index is 646. The fourth-order valence-corrected chi connectivity index (χ4v) is 2.08. The normalized spacial score (nSPS) is 13.3. The van der Waals surface area contributed by atoms with Crippen LogP contribution < -0.4 is 14.4 Å². The van der Waals surface area contributed by atoms with Crippen molar-refractivity contribution in [1.29, 1.82) is 0 Å². The summed E-state index contributed by atoms with van der Waals surface area (Å²) in [4.78, 5) is 17.8. The Hall–Kier alpha value is -2.63. The van der Waals surface area contributed by atoms with Crippen molar-refractivity contribution >= 4 is 11.6 Å². The molecule has 0 unspecified atom stereocenters. The molecule has 1 aliphatic rings. The van der Waals surface area contributed by atoms with Crippen LogP contribution in [0.1, 0.15) is 0 Å². The standard InChI is InChI=1S/C15H13FN2O3/c16-11-1-3-12(4-2-11)21-10-15(19)18-7-8-20-14-5-6-17-9-13(14)18/h1-6,9H,7-8,10H2. The molecule has 1 aliphatic heterocycles. The Morgan fingerprint density at radius 3 is 2.95 bits per heavy atom. The molecular formula is C15H13FN2O3. The van der Waals surface area contributed by atoms with Crippen LogP contribution in [0, 0.1) is 5.82 Å². The fourth-order valence-electron chi connectivity index (χ4n) is 2.08. The molecule has 1 aromatic carbocycles. The van der Waals surface area contributed by atoms with Gasteiger partial charge in [-0.05, 0) is 24.3 Å². The summed E-state index contributed by atoms with van der Waals surface area (Å²) in [6.07, 6.45) is 3.20. The molecule has 0 aliphatic carbocycles. The Kier molecular flexibility index (Phi) is 3.68. The zero-order valence-corrected chi connectivity index (χ0v) is 11.2. The molecule has 0 bridgehead atoms. The van der Waals surface area contributed by atoms with E-state index < -0.39 is 0 Å². The summed E-state index contributed by atoms with van der Waals surface area (Å²) in [5.74, 6) is 0.537. The molecule has 2 aromatic rings. The van der Waals surface area contributed by atoms with E-state index in [0.29, 0.717) is 30.3 Å². The van der Waals surface area contributed by atoms with Crippen molar-refractivity contribution in [2.45, 2.75) is 0 Å². The molecule has 0 fully saturated rings. The van der Waals surface area contributed by atoms with Crippen LogP contribution >= 0.6 is 0 Å². The number of pyridine rings is 1. The van der Waals surface area contributed by atoms with Crippen molar-refractivity contribution in [2.24, 2.45) is 0 Å². The van der Waals surface area contributed by atoms with Crippen LogP contribution in [0.3, 0.4) is 0 Å². The van der Waals surface area contributed by atoms with Gasteiger partial charge in [-0.3, -0.25) is 9.78 Å². The number of nitrogens with zero attached hydrogens (tertiary/aromatic N) is 2. The van der Waals surface area contributed by atoms with Gasteiger partial charge < -0.3 is 14.4 Å². The number of fused-ring (bicyclic) bond motifs is 1. The number of halogens is 1. The van der Waals surface area contributed by atoms with Crippen molar-refractivity contribution in [1.82, 2.24) is 4.98 Å². The van der Waals surface area contributed by atoms with Crippen molar-refractivity contribution in [3.05, 3.63) is 48.5 Å². The van der Waals surface area contributed by atoms with Gasteiger partial charge >= 0.3 is 0 Å². The van der Waals surface area contributed by atoms with Crippen LogP contribution in [0.15, 0.2) is 42.7 Å². The van der Waals surface area contributed by atoms with E-state index in [2.05, 4.69) is 4.98 Å². The maximum absolute atomic E-state index is 12.8. The fraction of sp³-hybridized carbons (Fsp3) is 0.200. The highest BCUT2D eigenvalue weighted by Crippen LogP contribution is 2.30. The number of carbonyl (C=O) groups is 1. The summed E-state index contributed by atoms with van der Waals surface area (Å²) in [5.41, 5.74) is 0.636. The Morgan fingerprint density at radius 1 is 1.33 bits per heavy atom. The Morgan fingerprint density at radius 2 is 2.14 bits per heavy atom. The minimum absolute atomic E-state index is 0.125. The van der Waals surface area contributed by atoms with Crippen molar-refractivity contribution in [3.63, 3.8) is 0 Å². The highest BCUT2D eigenvalue weighted by molar-refractivity contribution is 5.96. The number of hydrogen-bond donors (Lipinski definition) is 0. The lowest BCUT2D eigenvalue weighted by Crippen LogP contribution is -2.40. The van der Waals surface area contributed by atoms with E-state index in [-0.39, 0.29) is 18.3 Å². The molecule has 2 heterocycles. The van der Waals surface area contributed by atoms with E-state index >= 15 is 0 Å². The topological polar surface area (TPSA) is 51.7 Å². The van der Waals surface area contributed by atoms with Gasteiger partial charge in [-0.1, -0.05) is 0 Å². The van der Waals surface area contributed by atoms with Crippen LogP contribution in [-0.4, -0.2) is 30.6 Å². The van der Waals surface area contributed by atoms with E-state index in [1.165, 1.54) is 24.3 Å². The van der Waals surface area contributed by atoms with Gasteiger partial charge in [0, 0.05) is 12.3 Å². The molecule has 0 spiro atoms. The third kappa shape index (κ3) is 2.94. The van der Waals surface area contributed by atoms with Crippen molar-refractivity contribution < 1.29 is 18.7 Å². The molecular weight excluding hydrogens is 275 g/mol. The summed E-state index contributed by atoms with van der Waals surface area (Å²) in [5, 5.41) is 0. The average Bonchev–Trinajstić information content (AvgIpc) is 2.53. The van der Waals surface area contributed by atoms with Crippen LogP contribution in [-0.2, 0) is 4.79 Å². The van der Waals surface area contributed by atoms with Crippen molar-refractivity contribution in [3.8, 4) is 11.5 Å². The molecule has 0 radical (unpaired) electrons. The lowest BCUT2D eigenvalue weighted by atomic mass is 10.3. The zero-order valence-electron chi connectivity index (χ0n) is 11.2. The molecule has 1 amide bonds. The molecule has 0 atom stereocenters. The number of benzene rings is 1. The first-order chi connectivity index (χ1) is 10.2. The van der Waals surface area contributed by atoms with Gasteiger partial charge in [0.15, 0.2) is 6.61 Å². The highest BCUT2D eigenvalue weighted by Gasteiger charge is 2.23. The molecule has 21 heavy (non-hydrogen) atoms. The predicted octanol–water partition coefficient (Wildman–Crippen LogP) is 2.03. The SMILES string of the molecule is O=C(COc1ccc(F)cc1)N1CCOc2ccncc21. The van der Waals surface area contributed by atoms with E-state index in [0.717, 1.165) is 0 Å². The molecule has 5 nitrogen and oxygen atoms in total. The Balaban J connectivity index is 1.68. The summed E-state index contributed by atoms with van der Waals surface area (Å²) < 4.78 is 23.6. The van der Waals surface area contributed by atoms with Crippen LogP contribution in [0.2, 0.25) is 0 Å². The number of amides is 1. The number of rotatable bonds is 3. The van der Waals surface area contributed by atoms with Gasteiger partial charge in [-0.2, -0.15) is 0 Å². The first kappa shape index (κ1) is 13.4. The highest BCUT2D eigenvalue weighted by atomic mass is 19.1. The summed E-state index contributed by atoms with van der Waals surface area (Å²) in [6.45, 7) is 0.754. The number of anilines is 1. The molecule has 0 saturated heterocycles. The quantitative estimate of drug-likeness (QED) is 0.867. The third-order valence-electron chi connectivity index (χ3n) is 3.10. The second-order valence-corrected chi connectivity index (χ2v) is 4.48. The van der Waals surface area contributed by atoms with Gasteiger partial charge in [0.2, 0.25) is 0 Å². The molecule has 108 valence electrons. The molecule has 0 N–H and O–H groups in total. The second kappa shape index (κ2) is 5.78. The Labute approximate surface area is 120 Å². The second-order valence-electron chi connectivity index (χ2n) is 4.48. The number of hydrogen-bond acceptors (Lipinski definition) is 4. The predicted molar refractivity (Wildman–Crippen MR) is 74.0 cm³/mol. The van der Waals surface area contributed by atoms with Gasteiger partial charge in [-0.25, -0.2) is 4.39 Å². The lowest BCUT2D eigenvalue weighted by Gasteiger charge is -2.28. The van der Waals surface area contributed by atoms with Crippen LogP contribution in [0.5, 0.6) is 11.5 Å². The van der Waals surface area contributed by atoms with Crippen molar-refractivity contribution in [2.75, 3.05) is 24.7 Å². The summed E-state index contributed by atoms with van der Waals surface area (Å²) in [6, 6.07) is 7.26. The largest absolute Gasteiger partial charge is 0.489 e. The van der Waals surface area contributed by atoms with Gasteiger partial charge in [0.1, 0.15) is 29.6 Å². The third-order valence-corrected chi connectivity index (χ3v) is 3.10. The molecule has 1 aromatic heterocycles. The van der Waals surface area contributed by atoms with E-state index in [1.807, 2.05) is 0 Å². The number of carbonyl (C=O) groups excluding carboxylic acids is 1. The first-order valence-electron chi connectivity index (χ1n) is 6.49. The van der Waals surface area contributed by atoms with E-state index in [1.54, 1.807) is 23.4 Å². The van der Waals surface area contributed by atoms with Gasteiger partial charge in [0.25, 0.3) is 5.91 Å². The number of aromatic nitrogens is 1. The molecule has 0 saturated carbocycles.